The molecule has 0 aliphatic heterocycles. The van der Waals surface area contributed by atoms with E-state index >= 15 is 0 Å². The van der Waals surface area contributed by atoms with Gasteiger partial charge < -0.3 is 10.4 Å². The molecule has 8 nitrogen and oxygen atoms in total. The van der Waals surface area contributed by atoms with Crippen molar-refractivity contribution in [3.8, 4) is 11.4 Å². The molecule has 0 fully saturated rings. The number of hydrogen-bond acceptors (Lipinski definition) is 5. The van der Waals surface area contributed by atoms with E-state index in [-0.39, 0.29) is 0 Å². The SMILES string of the molecule is O=C(O)NCCc1ccc(-c2nnn(Cc3ccncc3)n2)cc1. The summed E-state index contributed by atoms with van der Waals surface area (Å²) in [6.07, 6.45) is 3.08. The van der Waals surface area contributed by atoms with Gasteiger partial charge in [0.25, 0.3) is 0 Å². The zero-order valence-electron chi connectivity index (χ0n) is 12.8. The maximum absolute atomic E-state index is 10.4. The number of amides is 1. The second-order valence-corrected chi connectivity index (χ2v) is 5.18. The number of aromatic nitrogens is 5. The third kappa shape index (κ3) is 4.13. The molecule has 0 saturated carbocycles. The summed E-state index contributed by atoms with van der Waals surface area (Å²) in [5, 5.41) is 23.4. The molecule has 122 valence electrons. The van der Waals surface area contributed by atoms with Crippen molar-refractivity contribution in [1.82, 2.24) is 30.5 Å². The van der Waals surface area contributed by atoms with Gasteiger partial charge in [-0.1, -0.05) is 24.3 Å². The zero-order valence-corrected chi connectivity index (χ0v) is 12.8. The second-order valence-electron chi connectivity index (χ2n) is 5.18. The highest BCUT2D eigenvalue weighted by atomic mass is 16.4. The summed E-state index contributed by atoms with van der Waals surface area (Å²) in [6.45, 7) is 0.920. The van der Waals surface area contributed by atoms with Crippen molar-refractivity contribution in [3.05, 3.63) is 59.9 Å². The van der Waals surface area contributed by atoms with Crippen LogP contribution in [0.25, 0.3) is 11.4 Å². The fourth-order valence-electron chi connectivity index (χ4n) is 2.21. The molecule has 0 aliphatic rings. The lowest BCUT2D eigenvalue weighted by Gasteiger charge is -2.02. The fraction of sp³-hybridized carbons (Fsp3) is 0.188. The van der Waals surface area contributed by atoms with Crippen molar-refractivity contribution in [3.63, 3.8) is 0 Å². The lowest BCUT2D eigenvalue weighted by molar-refractivity contribution is 0.194. The van der Waals surface area contributed by atoms with Gasteiger partial charge in [0.2, 0.25) is 5.82 Å². The first-order valence-electron chi connectivity index (χ1n) is 7.43. The molecule has 2 aromatic heterocycles. The number of nitrogens with one attached hydrogen (secondary N) is 1. The van der Waals surface area contributed by atoms with Crippen LogP contribution in [0.4, 0.5) is 4.79 Å². The number of rotatable bonds is 6. The highest BCUT2D eigenvalue weighted by Crippen LogP contribution is 2.15. The molecule has 24 heavy (non-hydrogen) atoms. The molecule has 0 radical (unpaired) electrons. The first kappa shape index (κ1) is 15.6. The van der Waals surface area contributed by atoms with Crippen LogP contribution in [0.1, 0.15) is 11.1 Å². The molecular weight excluding hydrogens is 308 g/mol. The van der Waals surface area contributed by atoms with Gasteiger partial charge in [0, 0.05) is 24.5 Å². The number of hydrogen-bond donors (Lipinski definition) is 2. The number of carboxylic acid groups (broad SMARTS) is 1. The molecule has 3 aromatic rings. The Hall–Kier alpha value is -3.29. The number of nitrogens with zero attached hydrogens (tertiary/aromatic N) is 5. The molecule has 8 heteroatoms. The lowest BCUT2D eigenvalue weighted by atomic mass is 10.1. The minimum Gasteiger partial charge on any atom is -0.465 e. The van der Waals surface area contributed by atoms with Gasteiger partial charge in [-0.05, 0) is 34.9 Å². The molecule has 0 saturated heterocycles. The summed E-state index contributed by atoms with van der Waals surface area (Å²) < 4.78 is 0. The molecule has 0 bridgehead atoms. The van der Waals surface area contributed by atoms with E-state index in [0.29, 0.717) is 25.3 Å². The van der Waals surface area contributed by atoms with Gasteiger partial charge >= 0.3 is 6.09 Å². The maximum atomic E-state index is 10.4. The third-order valence-electron chi connectivity index (χ3n) is 3.43. The monoisotopic (exact) mass is 324 g/mol. The van der Waals surface area contributed by atoms with Crippen molar-refractivity contribution in [2.24, 2.45) is 0 Å². The summed E-state index contributed by atoms with van der Waals surface area (Å²) in [7, 11) is 0. The standard InChI is InChI=1S/C16H16N6O2/c23-16(24)18-10-7-12-1-3-14(4-2-12)15-19-21-22(20-15)11-13-5-8-17-9-6-13/h1-6,8-9,18H,7,10-11H2,(H,23,24). The van der Waals surface area contributed by atoms with E-state index in [1.807, 2.05) is 36.4 Å². The first-order chi connectivity index (χ1) is 11.7. The first-order valence-corrected chi connectivity index (χ1v) is 7.43. The summed E-state index contributed by atoms with van der Waals surface area (Å²) in [4.78, 5) is 15.9. The van der Waals surface area contributed by atoms with Gasteiger partial charge in [-0.3, -0.25) is 4.98 Å². The molecule has 0 atom stereocenters. The van der Waals surface area contributed by atoms with Crippen LogP contribution in [-0.4, -0.2) is 42.9 Å². The van der Waals surface area contributed by atoms with Crippen LogP contribution in [0.2, 0.25) is 0 Å². The lowest BCUT2D eigenvalue weighted by Crippen LogP contribution is -2.23. The maximum Gasteiger partial charge on any atom is 0.404 e. The molecule has 2 N–H and O–H groups in total. The Labute approximate surface area is 138 Å². The van der Waals surface area contributed by atoms with E-state index in [9.17, 15) is 4.79 Å². The Bertz CT molecular complexity index is 801. The predicted molar refractivity (Wildman–Crippen MR) is 86.3 cm³/mol. The van der Waals surface area contributed by atoms with Crippen LogP contribution in [0.15, 0.2) is 48.8 Å². The predicted octanol–water partition coefficient (Wildman–Crippen LogP) is 1.59. The van der Waals surface area contributed by atoms with E-state index in [1.54, 1.807) is 12.4 Å². The topological polar surface area (TPSA) is 106 Å². The average molecular weight is 324 g/mol. The Balaban J connectivity index is 1.63. The summed E-state index contributed by atoms with van der Waals surface area (Å²) in [5.41, 5.74) is 2.96. The van der Waals surface area contributed by atoms with Gasteiger partial charge in [0.05, 0.1) is 6.54 Å². The summed E-state index contributed by atoms with van der Waals surface area (Å²) in [6, 6.07) is 11.5. The van der Waals surface area contributed by atoms with Gasteiger partial charge in [0.1, 0.15) is 0 Å². The Morgan fingerprint density at radius 1 is 1.08 bits per heavy atom. The van der Waals surface area contributed by atoms with Gasteiger partial charge in [0.15, 0.2) is 0 Å². The molecule has 0 unspecified atom stereocenters. The Morgan fingerprint density at radius 2 is 1.83 bits per heavy atom. The molecule has 3 rings (SSSR count). The van der Waals surface area contributed by atoms with Gasteiger partial charge in [-0.25, -0.2) is 4.79 Å². The number of carbonyl (C=O) groups is 1. The minimum absolute atomic E-state index is 0.384. The molecule has 0 spiro atoms. The van der Waals surface area contributed by atoms with Crippen LogP contribution in [0.3, 0.4) is 0 Å². The van der Waals surface area contributed by atoms with Gasteiger partial charge in [-0.2, -0.15) is 4.80 Å². The van der Waals surface area contributed by atoms with E-state index in [1.165, 1.54) is 4.80 Å². The minimum atomic E-state index is -1.01. The average Bonchev–Trinajstić information content (AvgIpc) is 3.04. The smallest absolute Gasteiger partial charge is 0.404 e. The quantitative estimate of drug-likeness (QED) is 0.713. The molecular formula is C16H16N6O2. The molecule has 0 aliphatic carbocycles. The highest BCUT2D eigenvalue weighted by molar-refractivity contribution is 5.64. The third-order valence-corrected chi connectivity index (χ3v) is 3.43. The normalized spacial score (nSPS) is 10.5. The van der Waals surface area contributed by atoms with Crippen LogP contribution in [0.5, 0.6) is 0 Å². The summed E-state index contributed by atoms with van der Waals surface area (Å²) >= 11 is 0. The molecule has 1 amide bonds. The van der Waals surface area contributed by atoms with E-state index in [0.717, 1.165) is 16.7 Å². The van der Waals surface area contributed by atoms with E-state index < -0.39 is 6.09 Å². The second kappa shape index (κ2) is 7.32. The molecule has 2 heterocycles. The Kier molecular flexibility index (Phi) is 4.76. The van der Waals surface area contributed by atoms with Crippen molar-refractivity contribution in [1.29, 1.82) is 0 Å². The number of tetrazole rings is 1. The number of benzene rings is 1. The van der Waals surface area contributed by atoms with Crippen LogP contribution in [-0.2, 0) is 13.0 Å². The van der Waals surface area contributed by atoms with Crippen LogP contribution < -0.4 is 5.32 Å². The van der Waals surface area contributed by atoms with Gasteiger partial charge in [-0.15, -0.1) is 10.2 Å². The van der Waals surface area contributed by atoms with Crippen LogP contribution in [0, 0.1) is 0 Å². The fourth-order valence-corrected chi connectivity index (χ4v) is 2.21. The molecule has 1 aromatic carbocycles. The van der Waals surface area contributed by atoms with Crippen molar-refractivity contribution >= 4 is 6.09 Å². The largest absolute Gasteiger partial charge is 0.465 e. The zero-order chi connectivity index (χ0) is 16.8. The van der Waals surface area contributed by atoms with Crippen molar-refractivity contribution in [2.75, 3.05) is 6.54 Å². The van der Waals surface area contributed by atoms with Crippen molar-refractivity contribution < 1.29 is 9.90 Å². The number of pyridine rings is 1. The Morgan fingerprint density at radius 3 is 2.54 bits per heavy atom. The summed E-state index contributed by atoms with van der Waals surface area (Å²) in [5.74, 6) is 0.555. The highest BCUT2D eigenvalue weighted by Gasteiger charge is 2.06. The van der Waals surface area contributed by atoms with Crippen LogP contribution >= 0.6 is 0 Å². The van der Waals surface area contributed by atoms with E-state index in [4.69, 9.17) is 5.11 Å². The van der Waals surface area contributed by atoms with Crippen molar-refractivity contribution in [2.45, 2.75) is 13.0 Å². The van der Waals surface area contributed by atoms with E-state index in [2.05, 4.69) is 25.7 Å².